The normalized spacial score (nSPS) is 22.8. The standard InChI is InChI=1S/C22H31N4O7P/c1-14(2)31-21(27)16(4)25-34(29,33-17-8-6-5-7-9-17)30-13-18-15(3)12-20(32-18)26-11-10-19(23)24-22(26)28/h5-11,14-16,18,20H,12-13H2,1-4H3,(H,25,29)(H2,23,24,28)/t15?,16-,18+,20+,34?/m0/s1. The summed E-state index contributed by atoms with van der Waals surface area (Å²) in [5.41, 5.74) is 5.04. The van der Waals surface area contributed by atoms with Crippen LogP contribution in [-0.2, 0) is 23.4 Å². The zero-order chi connectivity index (χ0) is 24.9. The van der Waals surface area contributed by atoms with E-state index in [1.165, 1.54) is 23.8 Å². The molecule has 1 saturated heterocycles. The average molecular weight is 494 g/mol. The number of para-hydroxylation sites is 1. The Bertz CT molecular complexity index is 1080. The van der Waals surface area contributed by atoms with Crippen molar-refractivity contribution in [3.8, 4) is 5.75 Å². The number of hydrogen-bond acceptors (Lipinski definition) is 9. The van der Waals surface area contributed by atoms with Crippen LogP contribution in [-0.4, -0.2) is 40.4 Å². The summed E-state index contributed by atoms with van der Waals surface area (Å²) in [5, 5.41) is 2.65. The molecule has 5 atom stereocenters. The van der Waals surface area contributed by atoms with Gasteiger partial charge in [-0.1, -0.05) is 25.1 Å². The highest BCUT2D eigenvalue weighted by molar-refractivity contribution is 7.52. The third-order valence-electron chi connectivity index (χ3n) is 5.14. The molecule has 0 amide bonds. The van der Waals surface area contributed by atoms with E-state index in [4.69, 9.17) is 24.3 Å². The van der Waals surface area contributed by atoms with Crippen LogP contribution in [0.4, 0.5) is 5.82 Å². The molecule has 3 rings (SSSR count). The SMILES string of the molecule is CC(C)OC(=O)[C@H](C)NP(=O)(OC[C@H]1O[C@@H](n2ccc(N)nc2=O)CC1C)Oc1ccccc1. The fourth-order valence-corrected chi connectivity index (χ4v) is 4.90. The third kappa shape index (κ3) is 6.89. The first-order chi connectivity index (χ1) is 16.1. The van der Waals surface area contributed by atoms with Gasteiger partial charge in [-0.3, -0.25) is 13.9 Å². The van der Waals surface area contributed by atoms with Gasteiger partial charge in [-0.25, -0.2) is 9.36 Å². The largest absolute Gasteiger partial charge is 0.462 e. The summed E-state index contributed by atoms with van der Waals surface area (Å²) >= 11 is 0. The summed E-state index contributed by atoms with van der Waals surface area (Å²) in [5.74, 6) is -0.179. The number of ether oxygens (including phenoxy) is 2. The molecule has 2 unspecified atom stereocenters. The van der Waals surface area contributed by atoms with Gasteiger partial charge in [-0.15, -0.1) is 0 Å². The lowest BCUT2D eigenvalue weighted by Crippen LogP contribution is -2.37. The van der Waals surface area contributed by atoms with Crippen LogP contribution in [0, 0.1) is 5.92 Å². The van der Waals surface area contributed by atoms with Crippen molar-refractivity contribution in [3.05, 3.63) is 53.1 Å². The van der Waals surface area contributed by atoms with Gasteiger partial charge in [-0.2, -0.15) is 10.1 Å². The monoisotopic (exact) mass is 494 g/mol. The molecular formula is C22H31N4O7P. The summed E-state index contributed by atoms with van der Waals surface area (Å²) in [7, 11) is -4.01. The quantitative estimate of drug-likeness (QED) is 0.374. The number of benzene rings is 1. The van der Waals surface area contributed by atoms with Crippen molar-refractivity contribution >= 4 is 19.5 Å². The van der Waals surface area contributed by atoms with E-state index in [1.807, 2.05) is 6.92 Å². The third-order valence-corrected chi connectivity index (χ3v) is 6.78. The smallest absolute Gasteiger partial charge is 0.459 e. The van der Waals surface area contributed by atoms with Gasteiger partial charge in [0, 0.05) is 6.20 Å². The molecular weight excluding hydrogens is 463 g/mol. The molecule has 1 aromatic heterocycles. The fraction of sp³-hybridized carbons (Fsp3) is 0.500. The Morgan fingerprint density at radius 2 is 2.00 bits per heavy atom. The number of nitrogen functional groups attached to an aromatic ring is 1. The summed E-state index contributed by atoms with van der Waals surface area (Å²) in [6, 6.07) is 9.05. The molecule has 0 bridgehead atoms. The fourth-order valence-electron chi connectivity index (χ4n) is 3.39. The molecule has 1 aliphatic heterocycles. The van der Waals surface area contributed by atoms with Crippen molar-refractivity contribution in [3.63, 3.8) is 0 Å². The van der Waals surface area contributed by atoms with Crippen LogP contribution in [0.3, 0.4) is 0 Å². The number of hydrogen-bond donors (Lipinski definition) is 2. The molecule has 3 N–H and O–H groups in total. The molecule has 12 heteroatoms. The van der Waals surface area contributed by atoms with E-state index in [0.717, 1.165) is 0 Å². The number of nitrogens with zero attached hydrogens (tertiary/aromatic N) is 2. The second-order valence-corrected chi connectivity index (χ2v) is 10.1. The Labute approximate surface area is 198 Å². The minimum atomic E-state index is -4.01. The van der Waals surface area contributed by atoms with Gasteiger partial charge in [0.2, 0.25) is 0 Å². The van der Waals surface area contributed by atoms with Crippen molar-refractivity contribution in [2.75, 3.05) is 12.3 Å². The van der Waals surface area contributed by atoms with E-state index in [2.05, 4.69) is 10.1 Å². The van der Waals surface area contributed by atoms with Crippen LogP contribution in [0.5, 0.6) is 5.75 Å². The van der Waals surface area contributed by atoms with Gasteiger partial charge in [-0.05, 0) is 51.3 Å². The van der Waals surface area contributed by atoms with Gasteiger partial charge in [0.1, 0.15) is 23.8 Å². The second kappa shape index (κ2) is 11.1. The second-order valence-electron chi connectivity index (χ2n) is 8.42. The van der Waals surface area contributed by atoms with Crippen LogP contribution < -0.4 is 21.0 Å². The first-order valence-electron chi connectivity index (χ1n) is 11.0. The number of carbonyl (C=O) groups excluding carboxylic acids is 1. The summed E-state index contributed by atoms with van der Waals surface area (Å²) in [4.78, 5) is 28.2. The Kier molecular flexibility index (Phi) is 8.48. The van der Waals surface area contributed by atoms with Gasteiger partial charge >= 0.3 is 19.4 Å². The molecule has 0 aliphatic carbocycles. The number of aromatic nitrogens is 2. The number of nitrogens with two attached hydrogens (primary N) is 1. The highest BCUT2D eigenvalue weighted by Gasteiger charge is 2.38. The lowest BCUT2D eigenvalue weighted by Gasteiger charge is -2.25. The highest BCUT2D eigenvalue weighted by Crippen LogP contribution is 2.46. The first-order valence-corrected chi connectivity index (χ1v) is 12.6. The predicted molar refractivity (Wildman–Crippen MR) is 125 cm³/mol. The van der Waals surface area contributed by atoms with E-state index in [9.17, 15) is 14.2 Å². The number of nitrogens with one attached hydrogen (secondary N) is 1. The zero-order valence-corrected chi connectivity index (χ0v) is 20.5. The van der Waals surface area contributed by atoms with Crippen LogP contribution in [0.15, 0.2) is 47.4 Å². The van der Waals surface area contributed by atoms with Crippen molar-refractivity contribution in [1.82, 2.24) is 14.6 Å². The van der Waals surface area contributed by atoms with E-state index in [0.29, 0.717) is 12.2 Å². The molecule has 1 fully saturated rings. The van der Waals surface area contributed by atoms with Crippen molar-refractivity contribution < 1.29 is 27.9 Å². The maximum atomic E-state index is 13.6. The number of esters is 1. The molecule has 0 spiro atoms. The maximum Gasteiger partial charge on any atom is 0.459 e. The lowest BCUT2D eigenvalue weighted by molar-refractivity contribution is -0.149. The van der Waals surface area contributed by atoms with Gasteiger partial charge < -0.3 is 19.7 Å². The molecule has 11 nitrogen and oxygen atoms in total. The predicted octanol–water partition coefficient (Wildman–Crippen LogP) is 2.88. The molecule has 1 aromatic carbocycles. The van der Waals surface area contributed by atoms with E-state index in [1.54, 1.807) is 44.2 Å². The first kappa shape index (κ1) is 25.9. The van der Waals surface area contributed by atoms with Crippen LogP contribution in [0.2, 0.25) is 0 Å². The minimum absolute atomic E-state index is 0.0250. The maximum absolute atomic E-state index is 13.6. The topological polar surface area (TPSA) is 144 Å². The van der Waals surface area contributed by atoms with Crippen molar-refractivity contribution in [2.24, 2.45) is 5.92 Å². The van der Waals surface area contributed by atoms with E-state index < -0.39 is 37.8 Å². The Morgan fingerprint density at radius 3 is 2.65 bits per heavy atom. The molecule has 0 radical (unpaired) electrons. The lowest BCUT2D eigenvalue weighted by atomic mass is 10.0. The van der Waals surface area contributed by atoms with E-state index in [-0.39, 0.29) is 24.4 Å². The van der Waals surface area contributed by atoms with Crippen molar-refractivity contribution in [2.45, 2.75) is 58.6 Å². The molecule has 1 aliphatic rings. The number of anilines is 1. The van der Waals surface area contributed by atoms with Gasteiger partial charge in [0.25, 0.3) is 0 Å². The zero-order valence-electron chi connectivity index (χ0n) is 19.6. The Balaban J connectivity index is 1.71. The molecule has 186 valence electrons. The number of rotatable bonds is 10. The molecule has 2 heterocycles. The van der Waals surface area contributed by atoms with Crippen LogP contribution in [0.25, 0.3) is 0 Å². The minimum Gasteiger partial charge on any atom is -0.462 e. The number of carbonyl (C=O) groups is 1. The summed E-state index contributed by atoms with van der Waals surface area (Å²) in [6.07, 6.45) is 0.669. The van der Waals surface area contributed by atoms with Gasteiger partial charge in [0.05, 0.1) is 18.8 Å². The van der Waals surface area contributed by atoms with Gasteiger partial charge in [0.15, 0.2) is 0 Å². The van der Waals surface area contributed by atoms with Crippen LogP contribution in [0.1, 0.15) is 40.3 Å². The van der Waals surface area contributed by atoms with Crippen molar-refractivity contribution in [1.29, 1.82) is 0 Å². The molecule has 2 aromatic rings. The van der Waals surface area contributed by atoms with Crippen LogP contribution >= 0.6 is 7.75 Å². The molecule has 0 saturated carbocycles. The average Bonchev–Trinajstić information content (AvgIpc) is 3.12. The Morgan fingerprint density at radius 1 is 1.29 bits per heavy atom. The summed E-state index contributed by atoms with van der Waals surface area (Å²) in [6.45, 7) is 6.79. The summed E-state index contributed by atoms with van der Waals surface area (Å²) < 4.78 is 37.5. The Hall–Kier alpha value is -2.72. The van der Waals surface area contributed by atoms with E-state index >= 15 is 0 Å². The highest BCUT2D eigenvalue weighted by atomic mass is 31.2. The molecule has 34 heavy (non-hydrogen) atoms.